The van der Waals surface area contributed by atoms with Gasteiger partial charge in [0.05, 0.1) is 32.9 Å². The minimum Gasteiger partial charge on any atom is -0.476 e. The number of rotatable bonds is 5. The quantitative estimate of drug-likeness (QED) is 0.808. The number of carbonyl (C=O) groups is 1. The van der Waals surface area contributed by atoms with E-state index in [0.717, 1.165) is 12.8 Å². The second-order valence-electron chi connectivity index (χ2n) is 6.89. The molecule has 1 aliphatic carbocycles. The Balaban J connectivity index is 1.53. The van der Waals surface area contributed by atoms with E-state index in [-0.39, 0.29) is 30.6 Å². The van der Waals surface area contributed by atoms with Crippen LogP contribution in [0.1, 0.15) is 23.3 Å². The molecule has 0 atom stereocenters. The lowest BCUT2D eigenvalue weighted by molar-refractivity contribution is -0.0265. The van der Waals surface area contributed by atoms with E-state index < -0.39 is 5.92 Å². The molecule has 136 valence electrons. The molecule has 4 rings (SSSR count). The van der Waals surface area contributed by atoms with E-state index in [1.54, 1.807) is 17.0 Å². The number of ether oxygens (including phenoxy) is 2. The van der Waals surface area contributed by atoms with Gasteiger partial charge in [-0.2, -0.15) is 0 Å². The highest BCUT2D eigenvalue weighted by molar-refractivity contribution is 5.93. The van der Waals surface area contributed by atoms with Gasteiger partial charge in [-0.05, 0) is 30.9 Å². The summed E-state index contributed by atoms with van der Waals surface area (Å²) in [6, 6.07) is 3.26. The van der Waals surface area contributed by atoms with Crippen molar-refractivity contribution in [1.82, 2.24) is 9.88 Å². The topological polar surface area (TPSA) is 54.9 Å². The lowest BCUT2D eigenvalue weighted by atomic mass is 10.1. The summed E-state index contributed by atoms with van der Waals surface area (Å²) in [5, 5.41) is 0. The highest BCUT2D eigenvalue weighted by atomic mass is 19.3. The molecular weight excluding hydrogens is 332 g/mol. The number of hydrogen-bond donors (Lipinski definition) is 0. The molecule has 6 nitrogen and oxygen atoms in total. The second-order valence-corrected chi connectivity index (χ2v) is 6.89. The largest absolute Gasteiger partial charge is 0.476 e. The molecule has 0 spiro atoms. The molecule has 1 amide bonds. The Morgan fingerprint density at radius 2 is 2.00 bits per heavy atom. The predicted molar refractivity (Wildman–Crippen MR) is 86.3 cm³/mol. The molecule has 3 heterocycles. The van der Waals surface area contributed by atoms with Gasteiger partial charge in [0, 0.05) is 13.1 Å². The molecule has 1 saturated carbocycles. The number of nitrogens with zero attached hydrogens (tertiary/aromatic N) is 3. The van der Waals surface area contributed by atoms with Crippen molar-refractivity contribution in [2.45, 2.75) is 18.8 Å². The number of morpholine rings is 1. The Morgan fingerprint density at radius 3 is 2.64 bits per heavy atom. The molecule has 3 fully saturated rings. The third-order valence-electron chi connectivity index (χ3n) is 4.70. The maximum Gasteiger partial charge on any atom is 0.282 e. The highest BCUT2D eigenvalue weighted by Gasteiger charge is 2.45. The van der Waals surface area contributed by atoms with Crippen LogP contribution in [0.5, 0.6) is 5.88 Å². The Labute approximate surface area is 144 Å². The van der Waals surface area contributed by atoms with Crippen LogP contribution in [0.4, 0.5) is 14.5 Å². The van der Waals surface area contributed by atoms with E-state index >= 15 is 0 Å². The molecule has 3 aliphatic rings. The number of halogens is 2. The first-order chi connectivity index (χ1) is 12.0. The maximum atomic E-state index is 13.2. The van der Waals surface area contributed by atoms with Gasteiger partial charge in [-0.15, -0.1) is 0 Å². The van der Waals surface area contributed by atoms with Crippen molar-refractivity contribution < 1.29 is 23.0 Å². The van der Waals surface area contributed by atoms with Crippen molar-refractivity contribution in [2.75, 3.05) is 50.9 Å². The zero-order valence-electron chi connectivity index (χ0n) is 13.9. The van der Waals surface area contributed by atoms with Crippen LogP contribution in [0.15, 0.2) is 12.1 Å². The number of aromatic nitrogens is 1. The fraction of sp³-hybridized carbons (Fsp3) is 0.647. The first-order valence-electron chi connectivity index (χ1n) is 8.65. The highest BCUT2D eigenvalue weighted by Crippen LogP contribution is 2.38. The average molecular weight is 353 g/mol. The number of amides is 1. The van der Waals surface area contributed by atoms with Gasteiger partial charge in [-0.25, -0.2) is 13.8 Å². The van der Waals surface area contributed by atoms with Crippen LogP contribution in [-0.2, 0) is 4.74 Å². The van der Waals surface area contributed by atoms with Crippen LogP contribution in [0.2, 0.25) is 0 Å². The van der Waals surface area contributed by atoms with Crippen LogP contribution in [0.3, 0.4) is 0 Å². The summed E-state index contributed by atoms with van der Waals surface area (Å²) in [4.78, 5) is 20.2. The van der Waals surface area contributed by atoms with E-state index in [9.17, 15) is 13.6 Å². The van der Waals surface area contributed by atoms with Crippen molar-refractivity contribution in [2.24, 2.45) is 5.92 Å². The first-order valence-corrected chi connectivity index (χ1v) is 8.65. The summed E-state index contributed by atoms with van der Waals surface area (Å²) >= 11 is 0. The molecule has 0 bridgehead atoms. The van der Waals surface area contributed by atoms with E-state index in [2.05, 4.69) is 4.98 Å². The molecule has 1 aromatic heterocycles. The zero-order chi connectivity index (χ0) is 17.4. The number of anilines is 1. The minimum absolute atomic E-state index is 0.180. The van der Waals surface area contributed by atoms with Crippen LogP contribution >= 0.6 is 0 Å². The van der Waals surface area contributed by atoms with Gasteiger partial charge >= 0.3 is 0 Å². The molecule has 8 heteroatoms. The lowest BCUT2D eigenvalue weighted by Gasteiger charge is -2.40. The third-order valence-corrected chi connectivity index (χ3v) is 4.70. The summed E-state index contributed by atoms with van der Waals surface area (Å²) in [7, 11) is 0. The van der Waals surface area contributed by atoms with Crippen LogP contribution in [0.25, 0.3) is 0 Å². The van der Waals surface area contributed by atoms with Crippen molar-refractivity contribution in [1.29, 1.82) is 0 Å². The summed E-state index contributed by atoms with van der Waals surface area (Å²) in [5.41, 5.74) is 0.814. The zero-order valence-corrected chi connectivity index (χ0v) is 13.9. The number of carbonyl (C=O) groups excluding carboxylic acids is 1. The predicted octanol–water partition coefficient (Wildman–Crippen LogP) is 1.80. The molecule has 25 heavy (non-hydrogen) atoms. The number of pyridine rings is 1. The Morgan fingerprint density at radius 1 is 1.28 bits per heavy atom. The Hall–Kier alpha value is -1.96. The van der Waals surface area contributed by atoms with E-state index in [0.29, 0.717) is 44.5 Å². The fourth-order valence-corrected chi connectivity index (χ4v) is 2.99. The normalized spacial score (nSPS) is 22.5. The summed E-state index contributed by atoms with van der Waals surface area (Å²) in [6.07, 6.45) is 2.23. The molecular formula is C17H21F2N3O3. The Bertz CT molecular complexity index is 653. The van der Waals surface area contributed by atoms with Crippen LogP contribution < -0.4 is 9.64 Å². The number of hydrogen-bond acceptors (Lipinski definition) is 5. The van der Waals surface area contributed by atoms with E-state index in [1.165, 1.54) is 4.90 Å². The molecule has 2 aliphatic heterocycles. The van der Waals surface area contributed by atoms with Crippen molar-refractivity contribution >= 4 is 11.6 Å². The molecule has 0 aromatic carbocycles. The SMILES string of the molecule is O=C(c1ccc(N2CC(F)(F)C2)c(OCC2CC2)n1)N1CCOCC1. The Kier molecular flexibility index (Phi) is 4.23. The minimum atomic E-state index is -2.67. The fourth-order valence-electron chi connectivity index (χ4n) is 2.99. The second kappa shape index (κ2) is 6.40. The van der Waals surface area contributed by atoms with Crippen molar-refractivity contribution in [3.05, 3.63) is 17.8 Å². The van der Waals surface area contributed by atoms with Gasteiger partial charge in [-0.3, -0.25) is 4.79 Å². The van der Waals surface area contributed by atoms with Gasteiger partial charge in [0.25, 0.3) is 11.8 Å². The first kappa shape index (κ1) is 16.5. The maximum absolute atomic E-state index is 13.2. The molecule has 0 radical (unpaired) electrons. The van der Waals surface area contributed by atoms with E-state index in [1.807, 2.05) is 0 Å². The van der Waals surface area contributed by atoms with Gasteiger partial charge in [0.15, 0.2) is 0 Å². The van der Waals surface area contributed by atoms with Gasteiger partial charge in [-0.1, -0.05) is 0 Å². The molecule has 1 aromatic rings. The lowest BCUT2D eigenvalue weighted by Crippen LogP contribution is -2.56. The summed E-state index contributed by atoms with van der Waals surface area (Å²) < 4.78 is 37.4. The van der Waals surface area contributed by atoms with Gasteiger partial charge in [0.2, 0.25) is 5.88 Å². The van der Waals surface area contributed by atoms with Gasteiger partial charge < -0.3 is 19.3 Å². The van der Waals surface area contributed by atoms with Crippen molar-refractivity contribution in [3.63, 3.8) is 0 Å². The van der Waals surface area contributed by atoms with Crippen molar-refractivity contribution in [3.8, 4) is 5.88 Å². The standard InChI is InChI=1S/C17H21F2N3O3/c18-17(19)10-22(11-17)14-4-3-13(16(23)21-5-7-24-8-6-21)20-15(14)25-9-12-1-2-12/h3-4,12H,1-2,5-11H2. The average Bonchev–Trinajstić information content (AvgIpc) is 3.42. The summed E-state index contributed by atoms with van der Waals surface area (Å²) in [5.74, 6) is -2.07. The molecule has 0 unspecified atom stereocenters. The third kappa shape index (κ3) is 3.68. The van der Waals surface area contributed by atoms with Gasteiger partial charge in [0.1, 0.15) is 11.4 Å². The number of alkyl halides is 2. The van der Waals surface area contributed by atoms with Crippen LogP contribution in [-0.4, -0.2) is 67.7 Å². The molecule has 2 saturated heterocycles. The van der Waals surface area contributed by atoms with E-state index in [4.69, 9.17) is 9.47 Å². The van der Waals surface area contributed by atoms with Crippen LogP contribution in [0, 0.1) is 5.92 Å². The molecule has 0 N–H and O–H groups in total. The monoisotopic (exact) mass is 353 g/mol. The summed E-state index contributed by atoms with van der Waals surface area (Å²) in [6.45, 7) is 1.91. The smallest absolute Gasteiger partial charge is 0.282 e.